The summed E-state index contributed by atoms with van der Waals surface area (Å²) in [6.07, 6.45) is 3.20. The van der Waals surface area contributed by atoms with Gasteiger partial charge in [0.25, 0.3) is 10.0 Å². The number of rotatable bonds is 5. The quantitative estimate of drug-likeness (QED) is 0.888. The number of anilines is 1. The first-order chi connectivity index (χ1) is 9.45. The van der Waals surface area contributed by atoms with Gasteiger partial charge in [0.2, 0.25) is 0 Å². The van der Waals surface area contributed by atoms with Gasteiger partial charge < -0.3 is 5.32 Å². The van der Waals surface area contributed by atoms with Gasteiger partial charge in [0, 0.05) is 23.8 Å². The van der Waals surface area contributed by atoms with Gasteiger partial charge in [-0.2, -0.15) is 0 Å². The molecule has 0 aliphatic heterocycles. The molecule has 2 N–H and O–H groups in total. The lowest BCUT2D eigenvalue weighted by molar-refractivity contribution is 0.599. The Labute approximate surface area is 123 Å². The molecule has 0 aliphatic carbocycles. The fourth-order valence-corrected chi connectivity index (χ4v) is 4.87. The molecule has 7 heteroatoms. The van der Waals surface area contributed by atoms with Crippen LogP contribution in [-0.2, 0) is 16.6 Å². The monoisotopic (exact) mass is 311 g/mol. The Morgan fingerprint density at radius 1 is 1.30 bits per heavy atom. The van der Waals surface area contributed by atoms with Crippen LogP contribution >= 0.6 is 11.3 Å². The fourth-order valence-electron chi connectivity index (χ4n) is 1.91. The van der Waals surface area contributed by atoms with Gasteiger partial charge in [-0.05, 0) is 43.5 Å². The van der Waals surface area contributed by atoms with Gasteiger partial charge in [0.1, 0.15) is 4.90 Å². The van der Waals surface area contributed by atoms with E-state index in [1.54, 1.807) is 25.5 Å². The van der Waals surface area contributed by atoms with Crippen molar-refractivity contribution in [1.82, 2.24) is 10.3 Å². The number of aryl methyl sites for hydroxylation is 2. The summed E-state index contributed by atoms with van der Waals surface area (Å²) in [5.74, 6) is 0. The van der Waals surface area contributed by atoms with Gasteiger partial charge in [-0.15, -0.1) is 11.3 Å². The van der Waals surface area contributed by atoms with Crippen molar-refractivity contribution >= 4 is 27.0 Å². The predicted molar refractivity (Wildman–Crippen MR) is 81.6 cm³/mol. The Morgan fingerprint density at radius 3 is 2.70 bits per heavy atom. The zero-order valence-electron chi connectivity index (χ0n) is 11.6. The van der Waals surface area contributed by atoms with Crippen LogP contribution in [0.4, 0.5) is 5.69 Å². The molecule has 0 saturated carbocycles. The lowest BCUT2D eigenvalue weighted by Crippen LogP contribution is -2.17. The van der Waals surface area contributed by atoms with E-state index < -0.39 is 10.0 Å². The molecule has 108 valence electrons. The maximum atomic E-state index is 12.6. The zero-order valence-corrected chi connectivity index (χ0v) is 13.2. The predicted octanol–water partition coefficient (Wildman–Crippen LogP) is 2.28. The lowest BCUT2D eigenvalue weighted by atomic mass is 10.3. The molecule has 0 bridgehead atoms. The Morgan fingerprint density at radius 2 is 2.05 bits per heavy atom. The van der Waals surface area contributed by atoms with Crippen molar-refractivity contribution in [3.05, 3.63) is 39.8 Å². The van der Waals surface area contributed by atoms with E-state index in [4.69, 9.17) is 0 Å². The summed E-state index contributed by atoms with van der Waals surface area (Å²) >= 11 is 1.45. The second-order valence-electron chi connectivity index (χ2n) is 4.50. The van der Waals surface area contributed by atoms with E-state index in [2.05, 4.69) is 15.0 Å². The molecule has 2 heterocycles. The van der Waals surface area contributed by atoms with Gasteiger partial charge in [-0.25, -0.2) is 8.42 Å². The Balaban J connectivity index is 2.41. The van der Waals surface area contributed by atoms with Crippen LogP contribution < -0.4 is 10.0 Å². The molecule has 2 aromatic rings. The van der Waals surface area contributed by atoms with Gasteiger partial charge in [-0.3, -0.25) is 9.71 Å². The number of sulfonamides is 1. The molecular formula is C13H17N3O2S2. The summed E-state index contributed by atoms with van der Waals surface area (Å²) in [4.78, 5) is 5.14. The molecule has 0 fully saturated rings. The third kappa shape index (κ3) is 3.00. The number of hydrogen-bond donors (Lipinski definition) is 2. The van der Waals surface area contributed by atoms with Crippen molar-refractivity contribution < 1.29 is 8.42 Å². The topological polar surface area (TPSA) is 71.1 Å². The Kier molecular flexibility index (Phi) is 4.42. The zero-order chi connectivity index (χ0) is 14.8. The van der Waals surface area contributed by atoms with E-state index in [0.717, 1.165) is 16.0 Å². The average Bonchev–Trinajstić information content (AvgIpc) is 2.74. The third-order valence-corrected chi connectivity index (χ3v) is 5.69. The minimum absolute atomic E-state index is 0.369. The van der Waals surface area contributed by atoms with E-state index in [-0.39, 0.29) is 0 Å². The smallest absolute Gasteiger partial charge is 0.263 e. The maximum Gasteiger partial charge on any atom is 0.263 e. The van der Waals surface area contributed by atoms with Crippen LogP contribution in [0.25, 0.3) is 0 Å². The van der Waals surface area contributed by atoms with Gasteiger partial charge >= 0.3 is 0 Å². The highest BCUT2D eigenvalue weighted by atomic mass is 32.2. The number of nitrogens with zero attached hydrogens (tertiary/aromatic N) is 1. The molecule has 5 nitrogen and oxygen atoms in total. The first-order valence-corrected chi connectivity index (χ1v) is 8.47. The molecule has 0 aliphatic rings. The van der Waals surface area contributed by atoms with Crippen LogP contribution in [0.5, 0.6) is 0 Å². The van der Waals surface area contributed by atoms with Crippen LogP contribution in [-0.4, -0.2) is 20.4 Å². The standard InChI is InChI=1S/C13H17N3O2S2/c1-9-6-15-5-4-11(9)16-20(17,18)13-10(2)8-19-12(13)7-14-3/h4-6,8,14H,7H2,1-3H3,(H,15,16). The van der Waals surface area contributed by atoms with E-state index in [1.165, 1.54) is 11.3 Å². The summed E-state index contributed by atoms with van der Waals surface area (Å²) in [6, 6.07) is 1.66. The van der Waals surface area contributed by atoms with Crippen LogP contribution in [0.3, 0.4) is 0 Å². The van der Waals surface area contributed by atoms with E-state index in [9.17, 15) is 8.42 Å². The van der Waals surface area contributed by atoms with Gasteiger partial charge in [0.15, 0.2) is 0 Å². The molecule has 20 heavy (non-hydrogen) atoms. The number of hydrogen-bond acceptors (Lipinski definition) is 5. The summed E-state index contributed by atoms with van der Waals surface area (Å²) in [7, 11) is -1.79. The summed E-state index contributed by atoms with van der Waals surface area (Å²) < 4.78 is 27.8. The Hall–Kier alpha value is -1.44. The molecule has 0 atom stereocenters. The average molecular weight is 311 g/mol. The van der Waals surface area contributed by atoms with Crippen LogP contribution in [0, 0.1) is 13.8 Å². The molecule has 0 amide bonds. The van der Waals surface area contributed by atoms with Crippen LogP contribution in [0.15, 0.2) is 28.7 Å². The molecule has 0 unspecified atom stereocenters. The van der Waals surface area contributed by atoms with E-state index >= 15 is 0 Å². The normalized spacial score (nSPS) is 11.6. The first-order valence-electron chi connectivity index (χ1n) is 6.10. The van der Waals surface area contributed by atoms with E-state index in [0.29, 0.717) is 17.1 Å². The highest BCUT2D eigenvalue weighted by molar-refractivity contribution is 7.93. The minimum atomic E-state index is -3.58. The maximum absolute atomic E-state index is 12.6. The van der Waals surface area contributed by atoms with E-state index in [1.807, 2.05) is 19.2 Å². The van der Waals surface area contributed by atoms with Crippen molar-refractivity contribution in [2.75, 3.05) is 11.8 Å². The largest absolute Gasteiger partial charge is 0.315 e. The molecule has 2 rings (SSSR count). The van der Waals surface area contributed by atoms with Crippen molar-refractivity contribution in [1.29, 1.82) is 0 Å². The number of pyridine rings is 1. The van der Waals surface area contributed by atoms with Gasteiger partial charge in [-0.1, -0.05) is 0 Å². The highest BCUT2D eigenvalue weighted by Crippen LogP contribution is 2.29. The molecule has 0 radical (unpaired) electrons. The highest BCUT2D eigenvalue weighted by Gasteiger charge is 2.23. The fraction of sp³-hybridized carbons (Fsp3) is 0.308. The molecule has 0 saturated heterocycles. The molecule has 2 aromatic heterocycles. The number of aromatic nitrogens is 1. The SMILES string of the molecule is CNCc1scc(C)c1S(=O)(=O)Nc1ccncc1C. The minimum Gasteiger partial charge on any atom is -0.315 e. The van der Waals surface area contributed by atoms with Crippen LogP contribution in [0.2, 0.25) is 0 Å². The van der Waals surface area contributed by atoms with Crippen molar-refractivity contribution in [3.8, 4) is 0 Å². The van der Waals surface area contributed by atoms with Crippen molar-refractivity contribution in [2.24, 2.45) is 0 Å². The number of thiophene rings is 1. The van der Waals surface area contributed by atoms with Gasteiger partial charge in [0.05, 0.1) is 5.69 Å². The summed E-state index contributed by atoms with van der Waals surface area (Å²) in [6.45, 7) is 4.16. The molecule has 0 spiro atoms. The van der Waals surface area contributed by atoms with Crippen LogP contribution in [0.1, 0.15) is 16.0 Å². The Bertz CT molecular complexity index is 708. The second-order valence-corrected chi connectivity index (χ2v) is 7.08. The summed E-state index contributed by atoms with van der Waals surface area (Å²) in [5, 5.41) is 4.86. The summed E-state index contributed by atoms with van der Waals surface area (Å²) in [5.41, 5.74) is 2.11. The van der Waals surface area contributed by atoms with Crippen molar-refractivity contribution in [3.63, 3.8) is 0 Å². The third-order valence-electron chi connectivity index (χ3n) is 2.86. The molecule has 0 aromatic carbocycles. The molecular weight excluding hydrogens is 294 g/mol. The van der Waals surface area contributed by atoms with Crippen molar-refractivity contribution in [2.45, 2.75) is 25.3 Å². The lowest BCUT2D eigenvalue weighted by Gasteiger charge is -2.11. The number of nitrogens with one attached hydrogen (secondary N) is 2. The second kappa shape index (κ2) is 5.90. The first kappa shape index (κ1) is 15.0.